The number of hydrogen-bond acceptors (Lipinski definition) is 3. The molecule has 0 aromatic heterocycles. The third-order valence-electron chi connectivity index (χ3n) is 2.21. The van der Waals surface area contributed by atoms with Crippen LogP contribution < -0.4 is 9.47 Å². The lowest BCUT2D eigenvalue weighted by Gasteiger charge is -2.07. The summed E-state index contributed by atoms with van der Waals surface area (Å²) >= 11 is 0. The fourth-order valence-corrected chi connectivity index (χ4v) is 1.55. The Kier molecular flexibility index (Phi) is 2.15. The third-order valence-corrected chi connectivity index (χ3v) is 2.21. The number of Topliss-reactive ketones (excluding diaryl/α,β-unsaturated/α-hetero) is 1. The van der Waals surface area contributed by atoms with E-state index in [-0.39, 0.29) is 11.9 Å². The molecule has 3 heteroatoms. The van der Waals surface area contributed by atoms with E-state index >= 15 is 0 Å². The Hall–Kier alpha value is -1.51. The van der Waals surface area contributed by atoms with Crippen LogP contribution >= 0.6 is 0 Å². The van der Waals surface area contributed by atoms with Gasteiger partial charge in [0, 0.05) is 0 Å². The second-order valence-electron chi connectivity index (χ2n) is 3.19. The SMILES string of the molecule is CCOc1cccc2c1OC(C)C2=O. The zero-order valence-corrected chi connectivity index (χ0v) is 8.24. The molecule has 1 aromatic carbocycles. The molecule has 0 spiro atoms. The zero-order valence-electron chi connectivity index (χ0n) is 8.24. The second kappa shape index (κ2) is 3.33. The summed E-state index contributed by atoms with van der Waals surface area (Å²) in [5, 5.41) is 0. The van der Waals surface area contributed by atoms with Crippen molar-refractivity contribution < 1.29 is 14.3 Å². The Morgan fingerprint density at radius 2 is 2.29 bits per heavy atom. The van der Waals surface area contributed by atoms with E-state index in [1.165, 1.54) is 0 Å². The summed E-state index contributed by atoms with van der Waals surface area (Å²) in [7, 11) is 0. The minimum Gasteiger partial charge on any atom is -0.490 e. The number of carbonyl (C=O) groups excluding carboxylic acids is 1. The van der Waals surface area contributed by atoms with Crippen LogP contribution in [0.4, 0.5) is 0 Å². The summed E-state index contributed by atoms with van der Waals surface area (Å²) in [5.41, 5.74) is 0.628. The van der Waals surface area contributed by atoms with Gasteiger partial charge in [0.25, 0.3) is 0 Å². The summed E-state index contributed by atoms with van der Waals surface area (Å²) in [5.74, 6) is 1.27. The van der Waals surface area contributed by atoms with E-state index < -0.39 is 0 Å². The van der Waals surface area contributed by atoms with Gasteiger partial charge < -0.3 is 9.47 Å². The molecule has 0 saturated carbocycles. The Morgan fingerprint density at radius 3 is 3.00 bits per heavy atom. The summed E-state index contributed by atoms with van der Waals surface area (Å²) < 4.78 is 10.8. The highest BCUT2D eigenvalue weighted by Crippen LogP contribution is 2.37. The molecule has 0 N–H and O–H groups in total. The molecule has 1 aromatic rings. The van der Waals surface area contributed by atoms with E-state index in [0.717, 1.165) is 0 Å². The van der Waals surface area contributed by atoms with Crippen LogP contribution in [0.25, 0.3) is 0 Å². The first-order valence-corrected chi connectivity index (χ1v) is 4.70. The molecule has 0 amide bonds. The Morgan fingerprint density at radius 1 is 1.50 bits per heavy atom. The van der Waals surface area contributed by atoms with Gasteiger partial charge in [0.1, 0.15) is 0 Å². The highest BCUT2D eigenvalue weighted by atomic mass is 16.5. The van der Waals surface area contributed by atoms with Crippen molar-refractivity contribution in [2.75, 3.05) is 6.61 Å². The lowest BCUT2D eigenvalue weighted by molar-refractivity contribution is 0.0876. The number of fused-ring (bicyclic) bond motifs is 1. The maximum absolute atomic E-state index is 11.6. The van der Waals surface area contributed by atoms with Gasteiger partial charge in [-0.15, -0.1) is 0 Å². The van der Waals surface area contributed by atoms with Crippen LogP contribution in [-0.2, 0) is 0 Å². The molecule has 0 radical (unpaired) electrons. The topological polar surface area (TPSA) is 35.5 Å². The van der Waals surface area contributed by atoms with E-state index in [0.29, 0.717) is 23.7 Å². The van der Waals surface area contributed by atoms with Gasteiger partial charge in [0.15, 0.2) is 17.6 Å². The predicted molar refractivity (Wildman–Crippen MR) is 52.0 cm³/mol. The van der Waals surface area contributed by atoms with Crippen LogP contribution in [0.3, 0.4) is 0 Å². The van der Waals surface area contributed by atoms with Gasteiger partial charge in [-0.25, -0.2) is 0 Å². The number of ether oxygens (including phenoxy) is 2. The smallest absolute Gasteiger partial charge is 0.206 e. The van der Waals surface area contributed by atoms with Crippen molar-refractivity contribution in [1.82, 2.24) is 0 Å². The molecule has 74 valence electrons. The molecule has 1 unspecified atom stereocenters. The van der Waals surface area contributed by atoms with Gasteiger partial charge in [-0.1, -0.05) is 6.07 Å². The Labute approximate surface area is 82.6 Å². The van der Waals surface area contributed by atoms with Crippen molar-refractivity contribution in [3.05, 3.63) is 23.8 Å². The number of carbonyl (C=O) groups is 1. The van der Waals surface area contributed by atoms with E-state index in [4.69, 9.17) is 9.47 Å². The van der Waals surface area contributed by atoms with E-state index in [1.807, 2.05) is 19.1 Å². The summed E-state index contributed by atoms with van der Waals surface area (Å²) in [4.78, 5) is 11.6. The third kappa shape index (κ3) is 1.25. The maximum atomic E-state index is 11.6. The molecule has 1 aliphatic rings. The minimum atomic E-state index is -0.383. The number of para-hydroxylation sites is 1. The van der Waals surface area contributed by atoms with Crippen LogP contribution in [-0.4, -0.2) is 18.5 Å². The molecule has 1 heterocycles. The molecule has 1 aliphatic heterocycles. The van der Waals surface area contributed by atoms with Crippen molar-refractivity contribution in [2.45, 2.75) is 20.0 Å². The quantitative estimate of drug-likeness (QED) is 0.719. The molecule has 2 rings (SSSR count). The van der Waals surface area contributed by atoms with Gasteiger partial charge in [0.05, 0.1) is 12.2 Å². The lowest BCUT2D eigenvalue weighted by atomic mass is 10.1. The molecule has 1 atom stereocenters. The van der Waals surface area contributed by atoms with Crippen LogP contribution in [0.15, 0.2) is 18.2 Å². The number of ketones is 1. The Bertz CT molecular complexity index is 371. The normalized spacial score (nSPS) is 19.0. The van der Waals surface area contributed by atoms with E-state index in [9.17, 15) is 4.79 Å². The summed E-state index contributed by atoms with van der Waals surface area (Å²) in [6.07, 6.45) is -0.383. The van der Waals surface area contributed by atoms with Gasteiger partial charge in [0.2, 0.25) is 5.78 Å². The van der Waals surface area contributed by atoms with Crippen molar-refractivity contribution in [2.24, 2.45) is 0 Å². The van der Waals surface area contributed by atoms with Crippen molar-refractivity contribution >= 4 is 5.78 Å². The maximum Gasteiger partial charge on any atom is 0.206 e. The van der Waals surface area contributed by atoms with Crippen LogP contribution in [0.1, 0.15) is 24.2 Å². The van der Waals surface area contributed by atoms with Gasteiger partial charge in [-0.3, -0.25) is 4.79 Å². The first-order valence-electron chi connectivity index (χ1n) is 4.70. The monoisotopic (exact) mass is 192 g/mol. The molecule has 3 nitrogen and oxygen atoms in total. The Balaban J connectivity index is 2.45. The average molecular weight is 192 g/mol. The highest BCUT2D eigenvalue weighted by molar-refractivity contribution is 6.05. The molecule has 0 saturated heterocycles. The predicted octanol–water partition coefficient (Wildman–Crippen LogP) is 2.05. The first-order chi connectivity index (χ1) is 6.74. The van der Waals surface area contributed by atoms with Gasteiger partial charge in [-0.05, 0) is 26.0 Å². The molecular weight excluding hydrogens is 180 g/mol. The standard InChI is InChI=1S/C11H12O3/c1-3-13-9-6-4-5-8-10(12)7(2)14-11(8)9/h4-7H,3H2,1-2H3. The fourth-order valence-electron chi connectivity index (χ4n) is 1.55. The first kappa shape index (κ1) is 9.06. The van der Waals surface area contributed by atoms with Crippen LogP contribution in [0, 0.1) is 0 Å². The zero-order chi connectivity index (χ0) is 10.1. The molecule has 0 fully saturated rings. The van der Waals surface area contributed by atoms with Crippen molar-refractivity contribution in [3.63, 3.8) is 0 Å². The number of rotatable bonds is 2. The summed E-state index contributed by atoms with van der Waals surface area (Å²) in [6, 6.07) is 5.39. The fraction of sp³-hybridized carbons (Fsp3) is 0.364. The summed E-state index contributed by atoms with van der Waals surface area (Å²) in [6.45, 7) is 4.22. The largest absolute Gasteiger partial charge is 0.490 e. The molecule has 14 heavy (non-hydrogen) atoms. The molecule has 0 bridgehead atoms. The number of benzene rings is 1. The van der Waals surface area contributed by atoms with E-state index in [2.05, 4.69) is 0 Å². The lowest BCUT2D eigenvalue weighted by Crippen LogP contribution is -2.14. The second-order valence-corrected chi connectivity index (χ2v) is 3.19. The van der Waals surface area contributed by atoms with Crippen LogP contribution in [0.5, 0.6) is 11.5 Å². The minimum absolute atomic E-state index is 0.0292. The molecule has 0 aliphatic carbocycles. The van der Waals surface area contributed by atoms with Crippen molar-refractivity contribution in [1.29, 1.82) is 0 Å². The van der Waals surface area contributed by atoms with Crippen molar-refractivity contribution in [3.8, 4) is 11.5 Å². The van der Waals surface area contributed by atoms with Gasteiger partial charge >= 0.3 is 0 Å². The molecular formula is C11H12O3. The van der Waals surface area contributed by atoms with E-state index in [1.54, 1.807) is 13.0 Å². The number of hydrogen-bond donors (Lipinski definition) is 0. The van der Waals surface area contributed by atoms with Crippen LogP contribution in [0.2, 0.25) is 0 Å². The average Bonchev–Trinajstić information content (AvgIpc) is 2.46. The highest BCUT2D eigenvalue weighted by Gasteiger charge is 2.31. The van der Waals surface area contributed by atoms with Gasteiger partial charge in [-0.2, -0.15) is 0 Å².